The van der Waals surface area contributed by atoms with Crippen molar-refractivity contribution in [1.82, 2.24) is 0 Å². The molecule has 0 radical (unpaired) electrons. The highest BCUT2D eigenvalue weighted by atomic mass is 16.5. The Kier molecular flexibility index (Phi) is 11.7. The van der Waals surface area contributed by atoms with Gasteiger partial charge in [0.1, 0.15) is 5.75 Å². The van der Waals surface area contributed by atoms with Crippen molar-refractivity contribution in [3.63, 3.8) is 0 Å². The van der Waals surface area contributed by atoms with Gasteiger partial charge in [-0.05, 0) is 79.6 Å². The van der Waals surface area contributed by atoms with Gasteiger partial charge in [0.05, 0.1) is 18.6 Å². The topological polar surface area (TPSA) is 114 Å². The molecule has 1 saturated carbocycles. The number of nitrogen functional groups attached to an aromatic ring is 2. The van der Waals surface area contributed by atoms with E-state index in [1.165, 1.54) is 25.3 Å². The Labute approximate surface area is 226 Å². The molecule has 38 heavy (non-hydrogen) atoms. The van der Waals surface area contributed by atoms with Crippen LogP contribution in [-0.4, -0.2) is 31.3 Å². The summed E-state index contributed by atoms with van der Waals surface area (Å²) in [6.07, 6.45) is 11.5. The van der Waals surface area contributed by atoms with Crippen LogP contribution in [0.1, 0.15) is 82.3 Å². The lowest BCUT2D eigenvalue weighted by atomic mass is 9.87. The van der Waals surface area contributed by atoms with Gasteiger partial charge in [-0.25, -0.2) is 4.79 Å². The molecule has 1 aliphatic rings. The number of rotatable bonds is 13. The smallest absolute Gasteiger partial charge is 0.330 e. The maximum atomic E-state index is 12.6. The van der Waals surface area contributed by atoms with Gasteiger partial charge in [-0.3, -0.25) is 4.79 Å². The van der Waals surface area contributed by atoms with E-state index in [-0.39, 0.29) is 30.5 Å². The monoisotopic (exact) mass is 522 g/mol. The van der Waals surface area contributed by atoms with Crippen molar-refractivity contribution in [1.29, 1.82) is 0 Å². The van der Waals surface area contributed by atoms with E-state index in [0.29, 0.717) is 17.1 Å². The van der Waals surface area contributed by atoms with E-state index in [1.807, 2.05) is 19.1 Å². The first kappa shape index (κ1) is 29.2. The second-order valence-corrected chi connectivity index (χ2v) is 10.2. The van der Waals surface area contributed by atoms with Crippen molar-refractivity contribution in [3.8, 4) is 5.75 Å². The second kappa shape index (κ2) is 15.2. The lowest BCUT2D eigenvalue weighted by Gasteiger charge is -2.27. The summed E-state index contributed by atoms with van der Waals surface area (Å²) in [4.78, 5) is 24.8. The number of benzene rings is 2. The van der Waals surface area contributed by atoms with E-state index in [0.717, 1.165) is 49.8 Å². The highest BCUT2D eigenvalue weighted by Crippen LogP contribution is 2.28. The van der Waals surface area contributed by atoms with Gasteiger partial charge < -0.3 is 25.7 Å². The zero-order valence-electron chi connectivity index (χ0n) is 22.7. The number of anilines is 2. The lowest BCUT2D eigenvalue weighted by molar-refractivity contribution is -0.141. The minimum atomic E-state index is -0.440. The molecule has 206 valence electrons. The largest absolute Gasteiger partial charge is 0.462 e. The van der Waals surface area contributed by atoms with E-state index in [1.54, 1.807) is 36.4 Å². The summed E-state index contributed by atoms with van der Waals surface area (Å²) in [5, 5.41) is 0. The average molecular weight is 523 g/mol. The number of unbranched alkanes of at least 4 members (excludes halogenated alkanes) is 3. The third-order valence-electron chi connectivity index (χ3n) is 6.91. The van der Waals surface area contributed by atoms with Crippen LogP contribution < -0.4 is 16.2 Å². The minimum absolute atomic E-state index is 0.0368. The van der Waals surface area contributed by atoms with Crippen molar-refractivity contribution >= 4 is 29.4 Å². The first-order chi connectivity index (χ1) is 18.3. The van der Waals surface area contributed by atoms with Crippen LogP contribution >= 0.6 is 0 Å². The number of hydrogen-bond donors (Lipinski definition) is 2. The van der Waals surface area contributed by atoms with Gasteiger partial charge in [-0.2, -0.15) is 0 Å². The van der Waals surface area contributed by atoms with E-state index >= 15 is 0 Å². The van der Waals surface area contributed by atoms with Crippen molar-refractivity contribution < 1.29 is 23.8 Å². The Morgan fingerprint density at radius 1 is 0.974 bits per heavy atom. The van der Waals surface area contributed by atoms with Crippen LogP contribution in [0.2, 0.25) is 0 Å². The van der Waals surface area contributed by atoms with Gasteiger partial charge in [0, 0.05) is 30.0 Å². The average Bonchev–Trinajstić information content (AvgIpc) is 2.91. The molecule has 7 heteroatoms. The standard InChI is InChI=1S/C31H42N2O5/c1-3-4-5-6-17-36-28-14-10-24(11-15-28)31(35)38-29-12-7-23(8-13-29)9-16-30(34)37-21-22(2)25-18-26(32)20-27(33)19-25/h7-9,12-13,16,18-20,22,24,28H,3-6,10-11,14-15,17,21,32-33H2,1-2H3/b16-9+. The number of hydrogen-bond acceptors (Lipinski definition) is 7. The fourth-order valence-corrected chi connectivity index (χ4v) is 4.59. The van der Waals surface area contributed by atoms with Gasteiger partial charge in [-0.1, -0.05) is 45.2 Å². The fourth-order valence-electron chi connectivity index (χ4n) is 4.59. The Bertz CT molecular complexity index is 1040. The Hall–Kier alpha value is -3.32. The molecule has 0 amide bonds. The zero-order chi connectivity index (χ0) is 27.3. The number of carbonyl (C=O) groups is 2. The molecule has 0 bridgehead atoms. The number of esters is 2. The zero-order valence-corrected chi connectivity index (χ0v) is 22.7. The highest BCUT2D eigenvalue weighted by molar-refractivity contribution is 5.87. The normalized spacial score (nSPS) is 18.3. The van der Waals surface area contributed by atoms with E-state index in [4.69, 9.17) is 25.7 Å². The van der Waals surface area contributed by atoms with E-state index < -0.39 is 5.97 Å². The van der Waals surface area contributed by atoms with Crippen LogP contribution in [0.4, 0.5) is 11.4 Å². The summed E-state index contributed by atoms with van der Waals surface area (Å²) in [6, 6.07) is 12.4. The first-order valence-electron chi connectivity index (χ1n) is 13.8. The van der Waals surface area contributed by atoms with Gasteiger partial charge in [-0.15, -0.1) is 0 Å². The summed E-state index contributed by atoms with van der Waals surface area (Å²) >= 11 is 0. The highest BCUT2D eigenvalue weighted by Gasteiger charge is 2.28. The minimum Gasteiger partial charge on any atom is -0.462 e. The molecule has 0 spiro atoms. The van der Waals surface area contributed by atoms with Crippen LogP contribution in [0, 0.1) is 5.92 Å². The number of nitrogens with two attached hydrogens (primary N) is 2. The maximum absolute atomic E-state index is 12.6. The lowest BCUT2D eigenvalue weighted by Crippen LogP contribution is -2.29. The number of carbonyl (C=O) groups excluding carboxylic acids is 2. The SMILES string of the molecule is CCCCCCOC1CCC(C(=O)Oc2ccc(/C=C/C(=O)OCC(C)c3cc(N)cc(N)c3)cc2)CC1. The quantitative estimate of drug-likeness (QED) is 0.105. The van der Waals surface area contributed by atoms with E-state index in [2.05, 4.69) is 6.92 Å². The van der Waals surface area contributed by atoms with E-state index in [9.17, 15) is 9.59 Å². The molecule has 0 heterocycles. The Morgan fingerprint density at radius 2 is 1.66 bits per heavy atom. The fraction of sp³-hybridized carbons (Fsp3) is 0.484. The van der Waals surface area contributed by atoms with Crippen LogP contribution in [0.15, 0.2) is 48.5 Å². The number of ether oxygens (including phenoxy) is 3. The van der Waals surface area contributed by atoms with Crippen molar-refractivity contribution in [3.05, 3.63) is 59.7 Å². The molecule has 0 aromatic heterocycles. The van der Waals surface area contributed by atoms with Crippen LogP contribution in [0.25, 0.3) is 6.08 Å². The third-order valence-corrected chi connectivity index (χ3v) is 6.91. The summed E-state index contributed by atoms with van der Waals surface area (Å²) in [5.41, 5.74) is 14.6. The molecule has 0 saturated heterocycles. The van der Waals surface area contributed by atoms with Crippen LogP contribution in [0.5, 0.6) is 5.75 Å². The van der Waals surface area contributed by atoms with Gasteiger partial charge in [0.15, 0.2) is 0 Å². The summed E-state index contributed by atoms with van der Waals surface area (Å²) in [6.45, 7) is 5.18. The molecule has 1 aliphatic carbocycles. The molecule has 4 N–H and O–H groups in total. The molecule has 0 aliphatic heterocycles. The predicted molar refractivity (Wildman–Crippen MR) is 152 cm³/mol. The summed E-state index contributed by atoms with van der Waals surface area (Å²) in [7, 11) is 0. The molecule has 1 fully saturated rings. The second-order valence-electron chi connectivity index (χ2n) is 10.2. The molecule has 1 unspecified atom stereocenters. The summed E-state index contributed by atoms with van der Waals surface area (Å²) in [5.74, 6) is -0.251. The summed E-state index contributed by atoms with van der Waals surface area (Å²) < 4.78 is 17.0. The van der Waals surface area contributed by atoms with Crippen LogP contribution in [-0.2, 0) is 19.1 Å². The van der Waals surface area contributed by atoms with Crippen molar-refractivity contribution in [2.75, 3.05) is 24.7 Å². The molecular formula is C31H42N2O5. The van der Waals surface area contributed by atoms with Gasteiger partial charge in [0.2, 0.25) is 0 Å². The van der Waals surface area contributed by atoms with Crippen molar-refractivity contribution in [2.45, 2.75) is 77.2 Å². The molecule has 2 aromatic carbocycles. The Morgan fingerprint density at radius 3 is 2.32 bits per heavy atom. The van der Waals surface area contributed by atoms with Gasteiger partial charge in [0.25, 0.3) is 0 Å². The predicted octanol–water partition coefficient (Wildman–Crippen LogP) is 6.27. The molecule has 7 nitrogen and oxygen atoms in total. The first-order valence-corrected chi connectivity index (χ1v) is 13.8. The molecule has 2 aromatic rings. The molecular weight excluding hydrogens is 480 g/mol. The van der Waals surface area contributed by atoms with Crippen LogP contribution in [0.3, 0.4) is 0 Å². The third kappa shape index (κ3) is 9.86. The Balaban J connectivity index is 1.37. The van der Waals surface area contributed by atoms with Crippen molar-refractivity contribution in [2.24, 2.45) is 5.92 Å². The molecule has 3 rings (SSSR count). The van der Waals surface area contributed by atoms with Gasteiger partial charge >= 0.3 is 11.9 Å². The molecule has 1 atom stereocenters. The maximum Gasteiger partial charge on any atom is 0.330 e.